The van der Waals surface area contributed by atoms with Crippen LogP contribution in [-0.4, -0.2) is 26.0 Å². The van der Waals surface area contributed by atoms with E-state index in [1.165, 1.54) is 14.2 Å². The van der Waals surface area contributed by atoms with Crippen LogP contribution in [0.2, 0.25) is 0 Å². The molecule has 0 heterocycles. The molecule has 1 aromatic rings. The second-order valence-corrected chi connectivity index (χ2v) is 4.99. The number of hydrogen-bond donors (Lipinski definition) is 0. The molecule has 4 nitrogen and oxygen atoms in total. The van der Waals surface area contributed by atoms with Crippen molar-refractivity contribution in [1.29, 1.82) is 0 Å². The largest absolute Gasteiger partial charge is 0.496 e. The summed E-state index contributed by atoms with van der Waals surface area (Å²) < 4.78 is 9.55. The fourth-order valence-corrected chi connectivity index (χ4v) is 1.55. The van der Waals surface area contributed by atoms with Crippen molar-refractivity contribution >= 4 is 11.8 Å². The van der Waals surface area contributed by atoms with E-state index in [0.29, 0.717) is 5.75 Å². The molecule has 0 atom stereocenters. The first-order valence-corrected chi connectivity index (χ1v) is 5.62. The predicted octanol–water partition coefficient (Wildman–Crippen LogP) is 2.35. The molecule has 4 heteroatoms. The summed E-state index contributed by atoms with van der Waals surface area (Å²) in [5.41, 5.74) is 1.07. The van der Waals surface area contributed by atoms with E-state index in [-0.39, 0.29) is 11.0 Å². The molecule has 0 unspecified atom stereocenters. The van der Waals surface area contributed by atoms with Crippen molar-refractivity contribution in [2.45, 2.75) is 26.2 Å². The third kappa shape index (κ3) is 2.88. The van der Waals surface area contributed by atoms with Gasteiger partial charge in [0.05, 0.1) is 19.8 Å². The summed E-state index contributed by atoms with van der Waals surface area (Å²) in [6.45, 7) is 6.09. The van der Waals surface area contributed by atoms with E-state index in [1.807, 2.05) is 26.8 Å². The Morgan fingerprint density at radius 1 is 1.11 bits per heavy atom. The third-order valence-corrected chi connectivity index (χ3v) is 2.68. The number of ketones is 1. The zero-order valence-corrected chi connectivity index (χ0v) is 11.4. The van der Waals surface area contributed by atoms with Crippen LogP contribution >= 0.6 is 0 Å². The van der Waals surface area contributed by atoms with Gasteiger partial charge in [-0.1, -0.05) is 26.8 Å². The van der Waals surface area contributed by atoms with Gasteiger partial charge in [0, 0.05) is 0 Å². The number of carbonyl (C=O) groups excluding carboxylic acids is 2. The van der Waals surface area contributed by atoms with Gasteiger partial charge >= 0.3 is 5.97 Å². The van der Waals surface area contributed by atoms with Gasteiger partial charge in [-0.2, -0.15) is 0 Å². The van der Waals surface area contributed by atoms with Crippen LogP contribution < -0.4 is 4.74 Å². The fraction of sp³-hybridized carbons (Fsp3) is 0.429. The Balaban J connectivity index is 3.31. The van der Waals surface area contributed by atoms with Crippen LogP contribution in [0.3, 0.4) is 0 Å². The first kappa shape index (κ1) is 14.2. The van der Waals surface area contributed by atoms with Gasteiger partial charge in [-0.25, -0.2) is 4.79 Å². The number of methoxy groups -OCH3 is 2. The molecule has 0 saturated heterocycles. The van der Waals surface area contributed by atoms with Gasteiger partial charge in [-0.05, 0) is 23.1 Å². The number of esters is 1. The molecule has 0 aliphatic carbocycles. The number of ether oxygens (including phenoxy) is 2. The van der Waals surface area contributed by atoms with Crippen LogP contribution in [0.5, 0.6) is 5.75 Å². The van der Waals surface area contributed by atoms with Crippen molar-refractivity contribution in [3.8, 4) is 5.75 Å². The molecule has 0 aromatic heterocycles. The molecular weight excluding hydrogens is 232 g/mol. The molecule has 0 fully saturated rings. The average molecular weight is 250 g/mol. The summed E-state index contributed by atoms with van der Waals surface area (Å²) in [5, 5.41) is 0. The van der Waals surface area contributed by atoms with Crippen LogP contribution in [0.25, 0.3) is 0 Å². The van der Waals surface area contributed by atoms with Crippen molar-refractivity contribution in [2.24, 2.45) is 0 Å². The average Bonchev–Trinajstić information content (AvgIpc) is 2.35. The van der Waals surface area contributed by atoms with Crippen LogP contribution in [0, 0.1) is 0 Å². The lowest BCUT2D eigenvalue weighted by molar-refractivity contribution is -0.135. The third-order valence-electron chi connectivity index (χ3n) is 2.68. The second-order valence-electron chi connectivity index (χ2n) is 4.99. The number of carbonyl (C=O) groups is 2. The molecular formula is C14H18O4. The van der Waals surface area contributed by atoms with Gasteiger partial charge in [0.15, 0.2) is 0 Å². The van der Waals surface area contributed by atoms with Crippen molar-refractivity contribution in [3.05, 3.63) is 29.3 Å². The van der Waals surface area contributed by atoms with Crippen LogP contribution in [0.4, 0.5) is 0 Å². The summed E-state index contributed by atoms with van der Waals surface area (Å²) in [5.74, 6) is -1.21. The molecule has 0 N–H and O–H groups in total. The molecule has 18 heavy (non-hydrogen) atoms. The summed E-state index contributed by atoms with van der Waals surface area (Å²) in [6.07, 6.45) is 0. The van der Waals surface area contributed by atoms with Crippen molar-refractivity contribution in [1.82, 2.24) is 0 Å². The Labute approximate surface area is 107 Å². The highest BCUT2D eigenvalue weighted by atomic mass is 16.5. The summed E-state index contributed by atoms with van der Waals surface area (Å²) in [4.78, 5) is 23.2. The zero-order chi connectivity index (χ0) is 13.9. The van der Waals surface area contributed by atoms with Gasteiger partial charge in [-0.15, -0.1) is 0 Å². The Kier molecular flexibility index (Phi) is 4.11. The fourth-order valence-electron chi connectivity index (χ4n) is 1.55. The van der Waals surface area contributed by atoms with Gasteiger partial charge in [0.1, 0.15) is 5.75 Å². The van der Waals surface area contributed by atoms with Crippen molar-refractivity contribution in [2.75, 3.05) is 14.2 Å². The Bertz CT molecular complexity index is 469. The maximum absolute atomic E-state index is 11.9. The van der Waals surface area contributed by atoms with Gasteiger partial charge in [0.25, 0.3) is 5.78 Å². The Morgan fingerprint density at radius 3 is 2.17 bits per heavy atom. The smallest absolute Gasteiger partial charge is 0.379 e. The summed E-state index contributed by atoms with van der Waals surface area (Å²) >= 11 is 0. The lowest BCUT2D eigenvalue weighted by atomic mass is 9.85. The Morgan fingerprint density at radius 2 is 1.72 bits per heavy atom. The van der Waals surface area contributed by atoms with E-state index in [1.54, 1.807) is 12.1 Å². The van der Waals surface area contributed by atoms with Gasteiger partial charge in [-0.3, -0.25) is 4.79 Å². The minimum Gasteiger partial charge on any atom is -0.496 e. The molecule has 1 rings (SSSR count). The highest BCUT2D eigenvalue weighted by Crippen LogP contribution is 2.28. The van der Waals surface area contributed by atoms with Crippen molar-refractivity contribution < 1.29 is 19.1 Å². The highest BCUT2D eigenvalue weighted by molar-refractivity contribution is 6.41. The monoisotopic (exact) mass is 250 g/mol. The van der Waals surface area contributed by atoms with E-state index in [9.17, 15) is 9.59 Å². The lowest BCUT2D eigenvalue weighted by Gasteiger charge is -2.20. The molecule has 0 aliphatic heterocycles. The first-order chi connectivity index (χ1) is 8.31. The van der Waals surface area contributed by atoms with E-state index in [4.69, 9.17) is 4.74 Å². The molecule has 98 valence electrons. The quantitative estimate of drug-likeness (QED) is 0.469. The summed E-state index contributed by atoms with van der Waals surface area (Å²) in [6, 6.07) is 5.25. The molecule has 0 bridgehead atoms. The first-order valence-electron chi connectivity index (χ1n) is 5.62. The van der Waals surface area contributed by atoms with Crippen LogP contribution in [0.1, 0.15) is 36.7 Å². The standard InChI is InChI=1S/C14H18O4/c1-14(2,3)9-6-7-11(17-4)10(8-9)12(15)13(16)18-5/h6-8H,1-5H3. The van der Waals surface area contributed by atoms with Crippen LogP contribution in [0.15, 0.2) is 18.2 Å². The molecule has 0 spiro atoms. The molecule has 1 aromatic carbocycles. The number of Topliss-reactive ketones (excluding diaryl/α,β-unsaturated/α-hetero) is 1. The minimum atomic E-state index is -0.889. The van der Waals surface area contributed by atoms with E-state index in [2.05, 4.69) is 4.74 Å². The lowest BCUT2D eigenvalue weighted by Crippen LogP contribution is -2.18. The van der Waals surface area contributed by atoms with E-state index in [0.717, 1.165) is 5.56 Å². The maximum Gasteiger partial charge on any atom is 0.379 e. The summed E-state index contributed by atoms with van der Waals surface area (Å²) in [7, 11) is 2.64. The van der Waals surface area contributed by atoms with E-state index >= 15 is 0 Å². The number of benzene rings is 1. The minimum absolute atomic E-state index is 0.114. The maximum atomic E-state index is 11.9. The Hall–Kier alpha value is -1.84. The second kappa shape index (κ2) is 5.21. The number of rotatable bonds is 3. The zero-order valence-electron chi connectivity index (χ0n) is 11.4. The predicted molar refractivity (Wildman–Crippen MR) is 68.0 cm³/mol. The SMILES string of the molecule is COC(=O)C(=O)c1cc(C(C)(C)C)ccc1OC. The van der Waals surface area contributed by atoms with E-state index < -0.39 is 11.8 Å². The van der Waals surface area contributed by atoms with Crippen LogP contribution in [-0.2, 0) is 14.9 Å². The van der Waals surface area contributed by atoms with Gasteiger partial charge in [0.2, 0.25) is 0 Å². The molecule has 0 radical (unpaired) electrons. The molecule has 0 aliphatic rings. The normalized spacial score (nSPS) is 10.9. The molecule has 0 saturated carbocycles. The highest BCUT2D eigenvalue weighted by Gasteiger charge is 2.24. The topological polar surface area (TPSA) is 52.6 Å². The van der Waals surface area contributed by atoms with Crippen molar-refractivity contribution in [3.63, 3.8) is 0 Å². The van der Waals surface area contributed by atoms with Gasteiger partial charge < -0.3 is 9.47 Å². The number of hydrogen-bond acceptors (Lipinski definition) is 4. The molecule has 0 amide bonds.